The van der Waals surface area contributed by atoms with Gasteiger partial charge in [0.2, 0.25) is 5.82 Å². The van der Waals surface area contributed by atoms with Crippen LogP contribution in [0.2, 0.25) is 0 Å². The van der Waals surface area contributed by atoms with E-state index in [0.717, 1.165) is 6.42 Å². The molecule has 1 saturated heterocycles. The van der Waals surface area contributed by atoms with Gasteiger partial charge in [-0.1, -0.05) is 31.6 Å². The van der Waals surface area contributed by atoms with Gasteiger partial charge in [-0.2, -0.15) is 0 Å². The van der Waals surface area contributed by atoms with Gasteiger partial charge < -0.3 is 25.8 Å². The van der Waals surface area contributed by atoms with Crippen molar-refractivity contribution in [2.75, 3.05) is 12.3 Å². The van der Waals surface area contributed by atoms with Gasteiger partial charge in [-0.25, -0.2) is 15.0 Å². The van der Waals surface area contributed by atoms with Crippen LogP contribution in [0.5, 0.6) is 0 Å². The van der Waals surface area contributed by atoms with Crippen LogP contribution in [-0.2, 0) is 4.74 Å². The van der Waals surface area contributed by atoms with Gasteiger partial charge in [0.15, 0.2) is 17.7 Å². The van der Waals surface area contributed by atoms with Gasteiger partial charge in [0, 0.05) is 6.42 Å². The van der Waals surface area contributed by atoms with Gasteiger partial charge in [-0.15, -0.1) is 0 Å². The van der Waals surface area contributed by atoms with Crippen LogP contribution in [0.15, 0.2) is 6.33 Å². The van der Waals surface area contributed by atoms with E-state index in [1.54, 1.807) is 0 Å². The second-order valence-electron chi connectivity index (χ2n) is 7.85. The van der Waals surface area contributed by atoms with Crippen molar-refractivity contribution in [3.63, 3.8) is 0 Å². The third-order valence-electron chi connectivity index (χ3n) is 5.81. The molecule has 1 aliphatic heterocycles. The SMILES string of the molecule is Nc1nc(C#CCC2CCCCCC2)nc2c1ncn2[C@@H]1O[C@H](CO)C(O)C1O. The average Bonchev–Trinajstić information content (AvgIpc) is 3.13. The average molecular weight is 401 g/mol. The Balaban J connectivity index is 1.58. The quantitative estimate of drug-likeness (QED) is 0.436. The molecular weight excluding hydrogens is 374 g/mol. The van der Waals surface area contributed by atoms with E-state index in [0.29, 0.717) is 17.1 Å². The molecule has 0 bridgehead atoms. The summed E-state index contributed by atoms with van der Waals surface area (Å²) in [7, 11) is 0. The van der Waals surface area contributed by atoms with Gasteiger partial charge in [-0.05, 0) is 24.7 Å². The van der Waals surface area contributed by atoms with Crippen LogP contribution >= 0.6 is 0 Å². The summed E-state index contributed by atoms with van der Waals surface area (Å²) in [6.45, 7) is -0.406. The molecule has 0 amide bonds. The molecule has 4 rings (SSSR count). The lowest BCUT2D eigenvalue weighted by Crippen LogP contribution is -2.33. The van der Waals surface area contributed by atoms with E-state index >= 15 is 0 Å². The standard InChI is InChI=1S/C20H27N5O4/c21-18-15-19(25(11-22-15)20-17(28)16(27)13(10-26)29-20)24-14(23-18)9-5-8-12-6-3-1-2-4-7-12/h11-13,16-17,20,26-28H,1-4,6-8,10H2,(H2,21,23,24)/t13-,16?,17?,20-/m1/s1. The number of nitrogens with zero attached hydrogens (tertiary/aromatic N) is 4. The minimum Gasteiger partial charge on any atom is -0.394 e. The first kappa shape index (κ1) is 20.0. The number of fused-ring (bicyclic) bond motifs is 1. The molecule has 2 aromatic heterocycles. The van der Waals surface area contributed by atoms with E-state index in [9.17, 15) is 15.3 Å². The molecule has 4 atom stereocenters. The molecule has 0 radical (unpaired) electrons. The van der Waals surface area contributed by atoms with Crippen LogP contribution in [0.25, 0.3) is 11.2 Å². The highest BCUT2D eigenvalue weighted by Gasteiger charge is 2.44. The zero-order valence-electron chi connectivity index (χ0n) is 16.2. The van der Waals surface area contributed by atoms with Crippen molar-refractivity contribution in [2.24, 2.45) is 5.92 Å². The van der Waals surface area contributed by atoms with Crippen LogP contribution < -0.4 is 5.73 Å². The molecule has 1 aliphatic carbocycles. The number of aliphatic hydroxyl groups is 3. The Morgan fingerprint density at radius 2 is 1.90 bits per heavy atom. The number of hydrogen-bond acceptors (Lipinski definition) is 8. The number of aliphatic hydroxyl groups excluding tert-OH is 3. The maximum atomic E-state index is 10.3. The van der Waals surface area contributed by atoms with Crippen molar-refractivity contribution >= 4 is 17.0 Å². The van der Waals surface area contributed by atoms with E-state index in [2.05, 4.69) is 26.8 Å². The van der Waals surface area contributed by atoms with Crippen LogP contribution in [0, 0.1) is 17.8 Å². The molecule has 29 heavy (non-hydrogen) atoms. The molecule has 3 heterocycles. The molecule has 0 aromatic carbocycles. The predicted molar refractivity (Wildman–Crippen MR) is 105 cm³/mol. The van der Waals surface area contributed by atoms with Gasteiger partial charge in [0.05, 0.1) is 12.9 Å². The predicted octanol–water partition coefficient (Wildman–Crippen LogP) is 0.732. The van der Waals surface area contributed by atoms with Crippen molar-refractivity contribution < 1.29 is 20.1 Å². The molecule has 0 spiro atoms. The molecule has 9 heteroatoms. The monoisotopic (exact) mass is 401 g/mol. The Morgan fingerprint density at radius 3 is 2.59 bits per heavy atom. The molecule has 2 aromatic rings. The van der Waals surface area contributed by atoms with Crippen molar-refractivity contribution in [1.82, 2.24) is 19.5 Å². The summed E-state index contributed by atoms with van der Waals surface area (Å²) in [6, 6.07) is 0. The molecule has 2 unspecified atom stereocenters. The molecule has 1 saturated carbocycles. The minimum absolute atomic E-state index is 0.194. The number of aromatic nitrogens is 4. The number of anilines is 1. The Labute approximate surface area is 168 Å². The highest BCUT2D eigenvalue weighted by Crippen LogP contribution is 2.32. The number of nitrogen functional groups attached to an aromatic ring is 1. The summed E-state index contributed by atoms with van der Waals surface area (Å²) in [5, 5.41) is 29.6. The maximum Gasteiger partial charge on any atom is 0.208 e. The van der Waals surface area contributed by atoms with Gasteiger partial charge in [0.1, 0.15) is 23.8 Å². The second kappa shape index (κ2) is 8.63. The molecule has 5 N–H and O–H groups in total. The van der Waals surface area contributed by atoms with Crippen LogP contribution in [0.4, 0.5) is 5.82 Å². The first-order chi connectivity index (χ1) is 14.1. The van der Waals surface area contributed by atoms with Crippen LogP contribution in [0.1, 0.15) is 57.0 Å². The zero-order chi connectivity index (χ0) is 20.4. The number of ether oxygens (including phenoxy) is 1. The first-order valence-corrected chi connectivity index (χ1v) is 10.2. The second-order valence-corrected chi connectivity index (χ2v) is 7.85. The van der Waals surface area contributed by atoms with E-state index in [4.69, 9.17) is 10.5 Å². The Bertz CT molecular complexity index is 913. The summed E-state index contributed by atoms with van der Waals surface area (Å²) in [6.07, 6.45) is 5.58. The molecule has 156 valence electrons. The summed E-state index contributed by atoms with van der Waals surface area (Å²) in [5.41, 5.74) is 6.77. The lowest BCUT2D eigenvalue weighted by molar-refractivity contribution is -0.0511. The van der Waals surface area contributed by atoms with E-state index in [-0.39, 0.29) is 11.6 Å². The third-order valence-corrected chi connectivity index (χ3v) is 5.81. The van der Waals surface area contributed by atoms with Crippen molar-refractivity contribution in [2.45, 2.75) is 69.5 Å². The maximum absolute atomic E-state index is 10.3. The molecule has 2 aliphatic rings. The Kier molecular flexibility index (Phi) is 5.96. The van der Waals surface area contributed by atoms with Crippen molar-refractivity contribution in [1.29, 1.82) is 0 Å². The smallest absolute Gasteiger partial charge is 0.208 e. The highest BCUT2D eigenvalue weighted by atomic mass is 16.6. The van der Waals surface area contributed by atoms with Crippen molar-refractivity contribution in [3.8, 4) is 11.8 Å². The number of rotatable bonds is 3. The molecular formula is C20H27N5O4. The zero-order valence-corrected chi connectivity index (χ0v) is 16.2. The largest absolute Gasteiger partial charge is 0.394 e. The normalized spacial score (nSPS) is 28.2. The first-order valence-electron chi connectivity index (χ1n) is 10.2. The topological polar surface area (TPSA) is 140 Å². The van der Waals surface area contributed by atoms with E-state index < -0.39 is 31.1 Å². The molecule has 9 nitrogen and oxygen atoms in total. The number of nitrogens with two attached hydrogens (primary N) is 1. The Morgan fingerprint density at radius 1 is 1.14 bits per heavy atom. The fourth-order valence-electron chi connectivity index (χ4n) is 4.13. The van der Waals surface area contributed by atoms with Gasteiger partial charge >= 0.3 is 0 Å². The lowest BCUT2D eigenvalue weighted by Gasteiger charge is -2.16. The minimum atomic E-state index is -1.23. The van der Waals surface area contributed by atoms with E-state index in [1.165, 1.54) is 49.4 Å². The summed E-state index contributed by atoms with van der Waals surface area (Å²) < 4.78 is 7.07. The van der Waals surface area contributed by atoms with Crippen LogP contribution in [-0.4, -0.2) is 59.8 Å². The van der Waals surface area contributed by atoms with E-state index in [1.807, 2.05) is 0 Å². The van der Waals surface area contributed by atoms with Crippen LogP contribution in [0.3, 0.4) is 0 Å². The number of hydrogen-bond donors (Lipinski definition) is 4. The Hall–Kier alpha value is -2.25. The lowest BCUT2D eigenvalue weighted by atomic mass is 9.97. The number of imidazole rings is 1. The fourth-order valence-corrected chi connectivity index (χ4v) is 4.13. The van der Waals surface area contributed by atoms with Crippen molar-refractivity contribution in [3.05, 3.63) is 12.2 Å². The highest BCUT2D eigenvalue weighted by molar-refractivity contribution is 5.82. The fraction of sp³-hybridized carbons (Fsp3) is 0.650. The summed E-state index contributed by atoms with van der Waals surface area (Å²) >= 11 is 0. The molecule has 2 fully saturated rings. The van der Waals surface area contributed by atoms with Gasteiger partial charge in [-0.3, -0.25) is 4.57 Å². The van der Waals surface area contributed by atoms with Gasteiger partial charge in [0.25, 0.3) is 0 Å². The summed E-state index contributed by atoms with van der Waals surface area (Å²) in [4.78, 5) is 12.9. The summed E-state index contributed by atoms with van der Waals surface area (Å²) in [5.74, 6) is 7.30. The third kappa shape index (κ3) is 4.07.